The Labute approximate surface area is 193 Å². The van der Waals surface area contributed by atoms with Crippen LogP contribution in [0.3, 0.4) is 0 Å². The number of nitrogens with one attached hydrogen (secondary N) is 1. The summed E-state index contributed by atoms with van der Waals surface area (Å²) in [6, 6.07) is 15.1. The molecule has 0 bridgehead atoms. The molecular formula is C22H29BrN4O3S. The number of sulfonamides is 1. The largest absolute Gasteiger partial charge is 0.354 e. The minimum Gasteiger partial charge on any atom is -0.354 e. The Morgan fingerprint density at radius 1 is 1.03 bits per heavy atom. The first kappa shape index (κ1) is 23.7. The molecule has 3 rings (SSSR count). The van der Waals surface area contributed by atoms with Gasteiger partial charge in [0, 0.05) is 37.2 Å². The molecule has 168 valence electrons. The lowest BCUT2D eigenvalue weighted by Gasteiger charge is -2.32. The van der Waals surface area contributed by atoms with Crippen molar-refractivity contribution in [3.63, 3.8) is 0 Å². The Morgan fingerprint density at radius 3 is 2.32 bits per heavy atom. The fourth-order valence-corrected chi connectivity index (χ4v) is 5.14. The van der Waals surface area contributed by atoms with E-state index in [2.05, 4.69) is 38.1 Å². The third-order valence-corrected chi connectivity index (χ3v) is 7.62. The van der Waals surface area contributed by atoms with Gasteiger partial charge in [-0.3, -0.25) is 9.10 Å². The van der Waals surface area contributed by atoms with Crippen molar-refractivity contribution in [2.75, 3.05) is 57.2 Å². The van der Waals surface area contributed by atoms with Crippen LogP contribution < -0.4 is 9.62 Å². The normalized spacial score (nSPS) is 15.5. The summed E-state index contributed by atoms with van der Waals surface area (Å²) in [7, 11) is -1.75. The summed E-state index contributed by atoms with van der Waals surface area (Å²) in [6.45, 7) is 5.37. The van der Waals surface area contributed by atoms with Crippen molar-refractivity contribution in [1.29, 1.82) is 0 Å². The second-order valence-electron chi connectivity index (χ2n) is 7.65. The molecule has 0 aromatic heterocycles. The number of carbonyl (C=O) groups excluding carboxylic acids is 1. The standard InChI is InChI=1S/C22H29BrN4O3S/c1-25-14-16-26(17-15-25)13-5-12-24-22(28)18-27(20-10-8-19(23)9-11-20)31(29,30)21-6-3-2-4-7-21/h2-4,6-11H,5,12-18H2,1H3,(H,24,28). The molecule has 1 aliphatic heterocycles. The molecular weight excluding hydrogens is 480 g/mol. The second-order valence-corrected chi connectivity index (χ2v) is 10.4. The lowest BCUT2D eigenvalue weighted by atomic mass is 10.3. The van der Waals surface area contributed by atoms with Crippen LogP contribution in [0.4, 0.5) is 5.69 Å². The van der Waals surface area contributed by atoms with Crippen LogP contribution in [0.25, 0.3) is 0 Å². The molecule has 31 heavy (non-hydrogen) atoms. The Bertz CT molecular complexity index is 946. The predicted octanol–water partition coefficient (Wildman–Crippen LogP) is 2.40. The average molecular weight is 509 g/mol. The second kappa shape index (κ2) is 11.1. The summed E-state index contributed by atoms with van der Waals surface area (Å²) in [6.07, 6.45) is 0.833. The van der Waals surface area contributed by atoms with E-state index < -0.39 is 10.0 Å². The molecule has 1 aliphatic rings. The molecule has 0 unspecified atom stereocenters. The number of amides is 1. The average Bonchev–Trinajstić information content (AvgIpc) is 2.77. The van der Waals surface area contributed by atoms with E-state index in [0.717, 1.165) is 47.9 Å². The van der Waals surface area contributed by atoms with Gasteiger partial charge in [-0.05, 0) is 56.4 Å². The van der Waals surface area contributed by atoms with Gasteiger partial charge in [-0.1, -0.05) is 34.1 Å². The van der Waals surface area contributed by atoms with Gasteiger partial charge < -0.3 is 15.1 Å². The summed E-state index contributed by atoms with van der Waals surface area (Å²) in [5, 5.41) is 2.87. The van der Waals surface area contributed by atoms with E-state index in [0.29, 0.717) is 12.2 Å². The Morgan fingerprint density at radius 2 is 1.68 bits per heavy atom. The third kappa shape index (κ3) is 6.77. The molecule has 1 fully saturated rings. The summed E-state index contributed by atoms with van der Waals surface area (Å²) >= 11 is 3.37. The lowest BCUT2D eigenvalue weighted by Crippen LogP contribution is -2.45. The molecule has 0 aliphatic carbocycles. The zero-order valence-corrected chi connectivity index (χ0v) is 20.1. The molecule has 1 heterocycles. The van der Waals surface area contributed by atoms with Gasteiger partial charge in [0.25, 0.3) is 10.0 Å². The number of benzene rings is 2. The van der Waals surface area contributed by atoms with E-state index in [1.165, 1.54) is 12.1 Å². The number of nitrogens with zero attached hydrogens (tertiary/aromatic N) is 3. The number of hydrogen-bond donors (Lipinski definition) is 1. The fourth-order valence-electron chi connectivity index (χ4n) is 3.43. The highest BCUT2D eigenvalue weighted by Gasteiger charge is 2.27. The van der Waals surface area contributed by atoms with Crippen molar-refractivity contribution >= 4 is 37.5 Å². The quantitative estimate of drug-likeness (QED) is 0.526. The van der Waals surface area contributed by atoms with Gasteiger partial charge in [-0.25, -0.2) is 8.42 Å². The lowest BCUT2D eigenvalue weighted by molar-refractivity contribution is -0.119. The molecule has 1 amide bonds. The molecule has 2 aromatic carbocycles. The highest BCUT2D eigenvalue weighted by molar-refractivity contribution is 9.10. The van der Waals surface area contributed by atoms with Crippen LogP contribution in [-0.2, 0) is 14.8 Å². The number of rotatable bonds is 9. The van der Waals surface area contributed by atoms with Gasteiger partial charge >= 0.3 is 0 Å². The third-order valence-electron chi connectivity index (χ3n) is 5.30. The summed E-state index contributed by atoms with van der Waals surface area (Å²) in [4.78, 5) is 17.5. The van der Waals surface area contributed by atoms with E-state index in [9.17, 15) is 13.2 Å². The van der Waals surface area contributed by atoms with Gasteiger partial charge in [0.15, 0.2) is 0 Å². The van der Waals surface area contributed by atoms with Crippen LogP contribution in [0, 0.1) is 0 Å². The summed E-state index contributed by atoms with van der Waals surface area (Å²) in [5.41, 5.74) is 0.444. The van der Waals surface area contributed by atoms with Gasteiger partial charge in [0.2, 0.25) is 5.91 Å². The first-order valence-electron chi connectivity index (χ1n) is 10.4. The number of hydrogen-bond acceptors (Lipinski definition) is 5. The smallest absolute Gasteiger partial charge is 0.264 e. The molecule has 1 saturated heterocycles. The molecule has 7 nitrogen and oxygen atoms in total. The van der Waals surface area contributed by atoms with Crippen LogP contribution >= 0.6 is 15.9 Å². The number of anilines is 1. The Balaban J connectivity index is 1.62. The predicted molar refractivity (Wildman–Crippen MR) is 127 cm³/mol. The van der Waals surface area contributed by atoms with Gasteiger partial charge in [0.05, 0.1) is 10.6 Å². The van der Waals surface area contributed by atoms with Gasteiger partial charge in [0.1, 0.15) is 6.54 Å². The van der Waals surface area contributed by atoms with Crippen LogP contribution in [0.1, 0.15) is 6.42 Å². The highest BCUT2D eigenvalue weighted by Crippen LogP contribution is 2.25. The number of piperazine rings is 1. The van der Waals surface area contributed by atoms with E-state index in [1.807, 2.05) is 0 Å². The Kier molecular flexibility index (Phi) is 8.48. The van der Waals surface area contributed by atoms with E-state index in [-0.39, 0.29) is 17.3 Å². The maximum Gasteiger partial charge on any atom is 0.264 e. The molecule has 0 saturated carbocycles. The fraction of sp³-hybridized carbons (Fsp3) is 0.409. The number of halogens is 1. The van der Waals surface area contributed by atoms with Crippen LogP contribution in [0.15, 0.2) is 64.0 Å². The summed E-state index contributed by atoms with van der Waals surface area (Å²) < 4.78 is 28.5. The van der Waals surface area contributed by atoms with E-state index >= 15 is 0 Å². The van der Waals surface area contributed by atoms with Crippen LogP contribution in [0.5, 0.6) is 0 Å². The number of carbonyl (C=O) groups is 1. The van der Waals surface area contributed by atoms with Gasteiger partial charge in [-0.2, -0.15) is 0 Å². The van der Waals surface area contributed by atoms with Crippen molar-refractivity contribution in [2.24, 2.45) is 0 Å². The van der Waals surface area contributed by atoms with Gasteiger partial charge in [-0.15, -0.1) is 0 Å². The molecule has 0 spiro atoms. The van der Waals surface area contributed by atoms with Crippen molar-refractivity contribution < 1.29 is 13.2 Å². The monoisotopic (exact) mass is 508 g/mol. The van der Waals surface area contributed by atoms with Crippen molar-refractivity contribution in [3.8, 4) is 0 Å². The van der Waals surface area contributed by atoms with Crippen LogP contribution in [0.2, 0.25) is 0 Å². The highest BCUT2D eigenvalue weighted by atomic mass is 79.9. The first-order valence-corrected chi connectivity index (χ1v) is 12.6. The van der Waals surface area contributed by atoms with Crippen LogP contribution in [-0.4, -0.2) is 77.0 Å². The zero-order valence-electron chi connectivity index (χ0n) is 17.7. The van der Waals surface area contributed by atoms with E-state index in [1.54, 1.807) is 42.5 Å². The molecule has 9 heteroatoms. The maximum absolute atomic E-state index is 13.2. The van der Waals surface area contributed by atoms with Crippen molar-refractivity contribution in [2.45, 2.75) is 11.3 Å². The summed E-state index contributed by atoms with van der Waals surface area (Å²) in [5.74, 6) is -0.319. The van der Waals surface area contributed by atoms with Crippen molar-refractivity contribution in [1.82, 2.24) is 15.1 Å². The molecule has 2 aromatic rings. The minimum absolute atomic E-state index is 0.154. The van der Waals surface area contributed by atoms with E-state index in [4.69, 9.17) is 0 Å². The minimum atomic E-state index is -3.87. The topological polar surface area (TPSA) is 73.0 Å². The molecule has 1 N–H and O–H groups in total. The molecule has 0 radical (unpaired) electrons. The molecule has 0 atom stereocenters. The number of likely N-dealkylation sites (N-methyl/N-ethyl adjacent to an activating group) is 1. The Hall–Kier alpha value is -1.94. The first-order chi connectivity index (χ1) is 14.9. The maximum atomic E-state index is 13.2. The zero-order chi connectivity index (χ0) is 22.3. The van der Waals surface area contributed by atoms with Crippen molar-refractivity contribution in [3.05, 3.63) is 59.1 Å². The SMILES string of the molecule is CN1CCN(CCCNC(=O)CN(c2ccc(Br)cc2)S(=O)(=O)c2ccccc2)CC1.